The van der Waals surface area contributed by atoms with E-state index in [1.165, 1.54) is 4.68 Å². The van der Waals surface area contributed by atoms with Crippen molar-refractivity contribution in [2.75, 3.05) is 36.0 Å². The highest BCUT2D eigenvalue weighted by molar-refractivity contribution is 5.61. The highest BCUT2D eigenvalue weighted by atomic mass is 16.5. The zero-order chi connectivity index (χ0) is 26.5. The molecule has 0 radical (unpaired) electrons. The Morgan fingerprint density at radius 2 is 1.47 bits per heavy atom. The molecule has 1 aliphatic rings. The molecular formula is C30H35N5O3. The second kappa shape index (κ2) is 11.6. The molecule has 38 heavy (non-hydrogen) atoms. The zero-order valence-electron chi connectivity index (χ0n) is 22.0. The number of phenols is 1. The van der Waals surface area contributed by atoms with Crippen molar-refractivity contribution in [3.05, 3.63) is 94.9 Å². The summed E-state index contributed by atoms with van der Waals surface area (Å²) < 4.78 is 7.62. The van der Waals surface area contributed by atoms with E-state index in [0.29, 0.717) is 12.4 Å². The van der Waals surface area contributed by atoms with Gasteiger partial charge in [-0.1, -0.05) is 37.3 Å². The van der Waals surface area contributed by atoms with E-state index in [4.69, 9.17) is 4.74 Å². The molecule has 8 heteroatoms. The molecule has 2 heterocycles. The van der Waals surface area contributed by atoms with Crippen LogP contribution in [0.1, 0.15) is 31.9 Å². The van der Waals surface area contributed by atoms with Crippen LogP contribution in [0.25, 0.3) is 11.4 Å². The minimum Gasteiger partial charge on any atom is -0.508 e. The van der Waals surface area contributed by atoms with Crippen LogP contribution in [-0.2, 0) is 11.3 Å². The van der Waals surface area contributed by atoms with Crippen molar-refractivity contribution in [3.63, 3.8) is 0 Å². The molecule has 0 aliphatic carbocycles. The Morgan fingerprint density at radius 1 is 0.895 bits per heavy atom. The van der Waals surface area contributed by atoms with Crippen molar-refractivity contribution in [1.29, 1.82) is 0 Å². The number of piperazine rings is 1. The van der Waals surface area contributed by atoms with Crippen LogP contribution in [0.15, 0.2) is 83.7 Å². The van der Waals surface area contributed by atoms with Gasteiger partial charge in [0.15, 0.2) is 5.82 Å². The number of hydrogen-bond acceptors (Lipinski definition) is 6. The van der Waals surface area contributed by atoms with Gasteiger partial charge >= 0.3 is 5.69 Å². The van der Waals surface area contributed by atoms with Crippen LogP contribution < -0.4 is 15.5 Å². The van der Waals surface area contributed by atoms with Gasteiger partial charge in [0.25, 0.3) is 0 Å². The first-order valence-electron chi connectivity index (χ1n) is 13.3. The number of phenolic OH excluding ortho intramolecular Hbond substituents is 1. The quantitative estimate of drug-likeness (QED) is 0.334. The summed E-state index contributed by atoms with van der Waals surface area (Å²) in [7, 11) is 0. The molecule has 1 aliphatic heterocycles. The molecule has 2 atom stereocenters. The average Bonchev–Trinajstić information content (AvgIpc) is 3.34. The molecule has 5 rings (SSSR count). The number of aromatic amines is 1. The molecule has 1 fully saturated rings. The smallest absolute Gasteiger partial charge is 0.343 e. The summed E-state index contributed by atoms with van der Waals surface area (Å²) in [6, 6.07) is 25.5. The van der Waals surface area contributed by atoms with Gasteiger partial charge in [-0.25, -0.2) is 9.48 Å². The van der Waals surface area contributed by atoms with Crippen LogP contribution in [0.5, 0.6) is 5.75 Å². The van der Waals surface area contributed by atoms with Crippen LogP contribution in [0.2, 0.25) is 0 Å². The Morgan fingerprint density at radius 3 is 2.05 bits per heavy atom. The summed E-state index contributed by atoms with van der Waals surface area (Å²) in [6.07, 6.45) is 0.562. The topological polar surface area (TPSA) is 86.6 Å². The normalized spacial score (nSPS) is 15.4. The Balaban J connectivity index is 1.22. The molecule has 4 aromatic rings. The van der Waals surface area contributed by atoms with Gasteiger partial charge in [-0.05, 0) is 67.4 Å². The third-order valence-electron chi connectivity index (χ3n) is 7.27. The maximum absolute atomic E-state index is 12.8. The Bertz CT molecular complexity index is 1360. The predicted molar refractivity (Wildman–Crippen MR) is 151 cm³/mol. The largest absolute Gasteiger partial charge is 0.508 e. The van der Waals surface area contributed by atoms with E-state index in [9.17, 15) is 9.90 Å². The SMILES string of the molecule is CC[C@@H]([C@H](C)OCc1ccccc1)n1nc(-c2ccc(N3CCN(c4ccc(O)cc4)CC3)cc2)[nH]c1=O. The van der Waals surface area contributed by atoms with E-state index < -0.39 is 0 Å². The molecule has 8 nitrogen and oxygen atoms in total. The molecule has 198 valence electrons. The van der Waals surface area contributed by atoms with Crippen molar-refractivity contribution in [1.82, 2.24) is 14.8 Å². The summed E-state index contributed by atoms with van der Waals surface area (Å²) in [5.41, 5.74) is 4.03. The van der Waals surface area contributed by atoms with E-state index in [1.807, 2.05) is 68.4 Å². The van der Waals surface area contributed by atoms with Gasteiger partial charge in [-0.3, -0.25) is 4.98 Å². The first-order valence-corrected chi connectivity index (χ1v) is 13.3. The summed E-state index contributed by atoms with van der Waals surface area (Å²) >= 11 is 0. The minimum atomic E-state index is -0.226. The van der Waals surface area contributed by atoms with Crippen LogP contribution >= 0.6 is 0 Å². The average molecular weight is 514 g/mol. The van der Waals surface area contributed by atoms with E-state index in [2.05, 4.69) is 32.0 Å². The zero-order valence-corrected chi connectivity index (χ0v) is 22.0. The summed E-state index contributed by atoms with van der Waals surface area (Å²) in [6.45, 7) is 8.17. The van der Waals surface area contributed by atoms with Crippen LogP contribution in [-0.4, -0.2) is 52.2 Å². The monoisotopic (exact) mass is 513 g/mol. The Hall–Kier alpha value is -4.04. The minimum absolute atomic E-state index is 0.166. The van der Waals surface area contributed by atoms with Crippen molar-refractivity contribution >= 4 is 11.4 Å². The summed E-state index contributed by atoms with van der Waals surface area (Å²) in [4.78, 5) is 20.5. The fourth-order valence-corrected chi connectivity index (χ4v) is 5.02. The van der Waals surface area contributed by atoms with Crippen molar-refractivity contribution in [3.8, 4) is 17.1 Å². The number of rotatable bonds is 9. The lowest BCUT2D eigenvalue weighted by Gasteiger charge is -2.37. The standard InChI is InChI=1S/C30H35N5O3/c1-3-28(22(2)38-21-23-7-5-4-6-8-23)35-30(37)31-29(32-35)24-9-11-25(12-10-24)33-17-19-34(20-18-33)26-13-15-27(36)16-14-26/h4-16,22,28,36H,3,17-21H2,1-2H3,(H,31,32,37)/t22-,28-/m0/s1. The number of aromatic nitrogens is 3. The lowest BCUT2D eigenvalue weighted by atomic mass is 10.1. The third kappa shape index (κ3) is 5.75. The highest BCUT2D eigenvalue weighted by Crippen LogP contribution is 2.25. The number of aromatic hydroxyl groups is 1. The van der Waals surface area contributed by atoms with E-state index in [-0.39, 0.29) is 23.6 Å². The Kier molecular flexibility index (Phi) is 7.79. The highest BCUT2D eigenvalue weighted by Gasteiger charge is 2.23. The van der Waals surface area contributed by atoms with E-state index in [1.54, 1.807) is 12.1 Å². The molecule has 2 N–H and O–H groups in total. The number of anilines is 2. The first kappa shape index (κ1) is 25.6. The van der Waals surface area contributed by atoms with Gasteiger partial charge in [0.1, 0.15) is 5.75 Å². The second-order valence-electron chi connectivity index (χ2n) is 9.74. The molecule has 0 unspecified atom stereocenters. The van der Waals surface area contributed by atoms with Gasteiger partial charge in [0, 0.05) is 43.1 Å². The van der Waals surface area contributed by atoms with E-state index >= 15 is 0 Å². The first-order chi connectivity index (χ1) is 18.5. The maximum atomic E-state index is 12.8. The van der Waals surface area contributed by atoms with Crippen LogP contribution in [0.4, 0.5) is 11.4 Å². The number of ether oxygens (including phenoxy) is 1. The number of H-pyrrole nitrogens is 1. The summed E-state index contributed by atoms with van der Waals surface area (Å²) in [5, 5.41) is 14.2. The lowest BCUT2D eigenvalue weighted by Crippen LogP contribution is -2.46. The number of benzene rings is 3. The lowest BCUT2D eigenvalue weighted by molar-refractivity contribution is 0.0118. The van der Waals surface area contributed by atoms with Gasteiger partial charge in [0.05, 0.1) is 18.8 Å². The summed E-state index contributed by atoms with van der Waals surface area (Å²) in [5.74, 6) is 0.849. The molecule has 0 spiro atoms. The number of hydrogen-bond donors (Lipinski definition) is 2. The van der Waals surface area contributed by atoms with Gasteiger partial charge < -0.3 is 19.6 Å². The van der Waals surface area contributed by atoms with E-state index in [0.717, 1.165) is 55.1 Å². The Labute approximate surface area is 223 Å². The molecule has 1 aromatic heterocycles. The number of nitrogens with zero attached hydrogens (tertiary/aromatic N) is 4. The van der Waals surface area contributed by atoms with Gasteiger partial charge in [-0.2, -0.15) is 0 Å². The van der Waals surface area contributed by atoms with Crippen LogP contribution in [0.3, 0.4) is 0 Å². The van der Waals surface area contributed by atoms with Crippen molar-refractivity contribution in [2.24, 2.45) is 0 Å². The molecule has 3 aromatic carbocycles. The molecule has 1 saturated heterocycles. The molecule has 0 bridgehead atoms. The van der Waals surface area contributed by atoms with Crippen LogP contribution in [0, 0.1) is 0 Å². The molecular weight excluding hydrogens is 478 g/mol. The third-order valence-corrected chi connectivity index (χ3v) is 7.27. The molecule has 0 saturated carbocycles. The maximum Gasteiger partial charge on any atom is 0.343 e. The fraction of sp³-hybridized carbons (Fsp3) is 0.333. The molecule has 0 amide bonds. The number of nitrogens with one attached hydrogen (secondary N) is 1. The van der Waals surface area contributed by atoms with Crippen molar-refractivity contribution in [2.45, 2.75) is 39.0 Å². The van der Waals surface area contributed by atoms with Gasteiger partial charge in [-0.15, -0.1) is 5.10 Å². The van der Waals surface area contributed by atoms with Crippen molar-refractivity contribution < 1.29 is 9.84 Å². The second-order valence-corrected chi connectivity index (χ2v) is 9.74. The fourth-order valence-electron chi connectivity index (χ4n) is 5.02. The van der Waals surface area contributed by atoms with Gasteiger partial charge in [0.2, 0.25) is 0 Å². The predicted octanol–water partition coefficient (Wildman–Crippen LogP) is 4.83.